The van der Waals surface area contributed by atoms with Gasteiger partial charge in [0.05, 0.1) is 22.5 Å². The summed E-state index contributed by atoms with van der Waals surface area (Å²) in [7, 11) is -3.85. The van der Waals surface area contributed by atoms with Crippen LogP contribution in [-0.4, -0.2) is 28.6 Å². The molecule has 0 aliphatic heterocycles. The van der Waals surface area contributed by atoms with Crippen molar-refractivity contribution in [3.63, 3.8) is 0 Å². The van der Waals surface area contributed by atoms with Crippen LogP contribution in [0.4, 0.5) is 11.5 Å². The summed E-state index contributed by atoms with van der Waals surface area (Å²) in [4.78, 5) is 7.82. The van der Waals surface area contributed by atoms with Crippen LogP contribution in [0.3, 0.4) is 0 Å². The van der Waals surface area contributed by atoms with Crippen LogP contribution < -0.4 is 10.0 Å². The second-order valence-corrected chi connectivity index (χ2v) is 11.9. The number of nitrogens with one attached hydrogen (secondary N) is 3. The van der Waals surface area contributed by atoms with Crippen LogP contribution in [0.15, 0.2) is 114 Å². The van der Waals surface area contributed by atoms with Gasteiger partial charge in [0.15, 0.2) is 5.82 Å². The quantitative estimate of drug-likeness (QED) is 0.193. The molecule has 0 spiro atoms. The highest BCUT2D eigenvalue weighted by Gasteiger charge is 2.20. The predicted molar refractivity (Wildman–Crippen MR) is 167 cm³/mol. The highest BCUT2D eigenvalue weighted by atomic mass is 32.2. The zero-order valence-electron chi connectivity index (χ0n) is 22.7. The van der Waals surface area contributed by atoms with Gasteiger partial charge < -0.3 is 10.3 Å². The molecule has 0 unspecified atom stereocenters. The number of benzene rings is 5. The minimum atomic E-state index is -3.85. The lowest BCUT2D eigenvalue weighted by Gasteiger charge is -2.14. The van der Waals surface area contributed by atoms with E-state index in [1.54, 1.807) is 19.1 Å². The van der Waals surface area contributed by atoms with E-state index in [1.807, 2.05) is 72.8 Å². The monoisotopic (exact) mass is 570 g/mol. The van der Waals surface area contributed by atoms with E-state index in [4.69, 9.17) is 0 Å². The summed E-state index contributed by atoms with van der Waals surface area (Å²) >= 11 is 0. The maximum Gasteiger partial charge on any atom is 0.241 e. The minimum Gasteiger partial charge on any atom is -0.341 e. The summed E-state index contributed by atoms with van der Waals surface area (Å²) in [5, 5.41) is 16.5. The standard InChI is InChI=1S/C33H26N6O2S/c1-21-14-15-24(19-30(21)42(40,41)34-20-31-36-28-12-6-7-13-29(28)37-31)32-26-10-4-5-11-27(26)33(39-38-32)35-25-17-16-22-8-2-3-9-23(22)18-25/h2-19,34H,20H2,1H3,(H,35,39)(H,36,37). The lowest BCUT2D eigenvalue weighted by Crippen LogP contribution is -2.24. The number of anilines is 2. The Bertz CT molecular complexity index is 2190. The molecule has 0 amide bonds. The third-order valence-electron chi connectivity index (χ3n) is 7.32. The molecule has 9 heteroatoms. The summed E-state index contributed by atoms with van der Waals surface area (Å²) in [5.74, 6) is 1.16. The number of rotatable bonds is 7. The van der Waals surface area contributed by atoms with Gasteiger partial charge in [-0.25, -0.2) is 18.1 Å². The Morgan fingerprint density at radius 2 is 1.52 bits per heavy atom. The number of aryl methyl sites for hydroxylation is 1. The van der Waals surface area contributed by atoms with E-state index in [0.29, 0.717) is 28.5 Å². The summed E-state index contributed by atoms with van der Waals surface area (Å²) in [6, 6.07) is 35.1. The second kappa shape index (κ2) is 10.4. The molecular formula is C33H26N6O2S. The number of nitrogens with zero attached hydrogens (tertiary/aromatic N) is 3. The average Bonchev–Trinajstić information content (AvgIpc) is 3.44. The second-order valence-electron chi connectivity index (χ2n) is 10.1. The fourth-order valence-electron chi connectivity index (χ4n) is 5.18. The van der Waals surface area contributed by atoms with Gasteiger partial charge in [-0.05, 0) is 53.6 Å². The van der Waals surface area contributed by atoms with Gasteiger partial charge in [0, 0.05) is 22.0 Å². The molecule has 0 aliphatic rings. The van der Waals surface area contributed by atoms with E-state index >= 15 is 0 Å². The van der Waals surface area contributed by atoms with Crippen LogP contribution in [0.25, 0.3) is 43.8 Å². The first-order valence-electron chi connectivity index (χ1n) is 13.5. The van der Waals surface area contributed by atoms with E-state index in [0.717, 1.165) is 38.3 Å². The molecule has 2 aromatic heterocycles. The van der Waals surface area contributed by atoms with Gasteiger partial charge in [0.25, 0.3) is 0 Å². The number of sulfonamides is 1. The summed E-state index contributed by atoms with van der Waals surface area (Å²) in [6.07, 6.45) is 0. The molecule has 0 bridgehead atoms. The number of hydrogen-bond acceptors (Lipinski definition) is 6. The first-order chi connectivity index (χ1) is 20.4. The summed E-state index contributed by atoms with van der Waals surface area (Å²) in [5.41, 5.74) is 4.43. The van der Waals surface area contributed by atoms with Crippen LogP contribution >= 0.6 is 0 Å². The molecule has 0 radical (unpaired) electrons. The van der Waals surface area contributed by atoms with Crippen LogP contribution in [0.5, 0.6) is 0 Å². The van der Waals surface area contributed by atoms with Crippen LogP contribution in [-0.2, 0) is 16.6 Å². The molecular weight excluding hydrogens is 544 g/mol. The lowest BCUT2D eigenvalue weighted by molar-refractivity contribution is 0.579. The van der Waals surface area contributed by atoms with Crippen molar-refractivity contribution in [2.24, 2.45) is 0 Å². The van der Waals surface area contributed by atoms with Crippen molar-refractivity contribution in [1.29, 1.82) is 0 Å². The van der Waals surface area contributed by atoms with Crippen molar-refractivity contribution >= 4 is 54.1 Å². The number of fused-ring (bicyclic) bond motifs is 3. The highest BCUT2D eigenvalue weighted by molar-refractivity contribution is 7.89. The maximum atomic E-state index is 13.4. The van der Waals surface area contributed by atoms with Gasteiger partial charge in [0.2, 0.25) is 10.0 Å². The number of para-hydroxylation sites is 2. The Morgan fingerprint density at radius 3 is 2.38 bits per heavy atom. The maximum absolute atomic E-state index is 13.4. The van der Waals surface area contributed by atoms with Crippen LogP contribution in [0.1, 0.15) is 11.4 Å². The Balaban J connectivity index is 1.21. The molecule has 5 aromatic carbocycles. The SMILES string of the molecule is Cc1ccc(-c2nnc(Nc3ccc4ccccc4c3)c3ccccc23)cc1S(=O)(=O)NCc1nc2ccccc2[nH]1. The third-order valence-corrected chi connectivity index (χ3v) is 8.86. The third kappa shape index (κ3) is 4.85. The molecule has 0 saturated heterocycles. The van der Waals surface area contributed by atoms with Gasteiger partial charge in [-0.1, -0.05) is 78.9 Å². The minimum absolute atomic E-state index is 0.0402. The number of aromatic nitrogens is 4. The molecule has 7 aromatic rings. The van der Waals surface area contributed by atoms with E-state index in [9.17, 15) is 8.42 Å². The number of aromatic amines is 1. The zero-order valence-corrected chi connectivity index (χ0v) is 23.5. The molecule has 3 N–H and O–H groups in total. The molecule has 8 nitrogen and oxygen atoms in total. The smallest absolute Gasteiger partial charge is 0.241 e. The molecule has 0 aliphatic carbocycles. The summed E-state index contributed by atoms with van der Waals surface area (Å²) < 4.78 is 29.6. The molecule has 2 heterocycles. The van der Waals surface area contributed by atoms with E-state index < -0.39 is 10.0 Å². The molecule has 7 rings (SSSR count). The summed E-state index contributed by atoms with van der Waals surface area (Å²) in [6.45, 7) is 1.82. The number of hydrogen-bond donors (Lipinski definition) is 3. The van der Waals surface area contributed by atoms with Crippen molar-refractivity contribution in [2.75, 3.05) is 5.32 Å². The molecule has 0 atom stereocenters. The Labute approximate surface area is 242 Å². The molecule has 42 heavy (non-hydrogen) atoms. The van der Waals surface area contributed by atoms with Gasteiger partial charge in [-0.2, -0.15) is 0 Å². The number of H-pyrrole nitrogens is 1. The highest BCUT2D eigenvalue weighted by Crippen LogP contribution is 2.33. The fourth-order valence-corrected chi connectivity index (χ4v) is 6.44. The Morgan fingerprint density at radius 1 is 0.762 bits per heavy atom. The Kier molecular flexibility index (Phi) is 6.38. The first-order valence-corrected chi connectivity index (χ1v) is 15.0. The van der Waals surface area contributed by atoms with E-state index in [2.05, 4.69) is 54.5 Å². The van der Waals surface area contributed by atoms with Crippen molar-refractivity contribution in [3.8, 4) is 11.3 Å². The lowest BCUT2D eigenvalue weighted by atomic mass is 10.0. The van der Waals surface area contributed by atoms with Crippen LogP contribution in [0.2, 0.25) is 0 Å². The van der Waals surface area contributed by atoms with E-state index in [-0.39, 0.29) is 11.4 Å². The van der Waals surface area contributed by atoms with Crippen molar-refractivity contribution in [2.45, 2.75) is 18.4 Å². The van der Waals surface area contributed by atoms with E-state index in [1.165, 1.54) is 0 Å². The average molecular weight is 571 g/mol. The van der Waals surface area contributed by atoms with Gasteiger partial charge in [0.1, 0.15) is 11.5 Å². The first kappa shape index (κ1) is 25.8. The van der Waals surface area contributed by atoms with Crippen molar-refractivity contribution in [1.82, 2.24) is 24.9 Å². The molecule has 206 valence electrons. The number of imidazole rings is 1. The fraction of sp³-hybridized carbons (Fsp3) is 0.0606. The molecule has 0 saturated carbocycles. The van der Waals surface area contributed by atoms with Gasteiger partial charge in [-0.15, -0.1) is 10.2 Å². The topological polar surface area (TPSA) is 113 Å². The largest absolute Gasteiger partial charge is 0.341 e. The van der Waals surface area contributed by atoms with Crippen molar-refractivity contribution in [3.05, 3.63) is 121 Å². The Hall–Kier alpha value is -5.12. The van der Waals surface area contributed by atoms with Gasteiger partial charge in [-0.3, -0.25) is 0 Å². The van der Waals surface area contributed by atoms with Crippen LogP contribution in [0, 0.1) is 6.92 Å². The zero-order chi connectivity index (χ0) is 28.7. The van der Waals surface area contributed by atoms with Crippen molar-refractivity contribution < 1.29 is 8.42 Å². The predicted octanol–water partition coefficient (Wildman–Crippen LogP) is 6.86. The molecule has 0 fully saturated rings. The normalized spacial score (nSPS) is 11.8. The van der Waals surface area contributed by atoms with Gasteiger partial charge >= 0.3 is 0 Å².